The van der Waals surface area contributed by atoms with Crippen molar-refractivity contribution in [2.75, 3.05) is 19.4 Å². The van der Waals surface area contributed by atoms with Crippen LogP contribution < -0.4 is 9.50 Å². The van der Waals surface area contributed by atoms with Crippen molar-refractivity contribution in [2.45, 2.75) is 12.4 Å². The lowest BCUT2D eigenvalue weighted by Crippen LogP contribution is -2.28. The molecule has 0 aromatic heterocycles. The Morgan fingerprint density at radius 3 is 1.94 bits per heavy atom. The van der Waals surface area contributed by atoms with Crippen LogP contribution in [0.2, 0.25) is 5.02 Å². The molecular weight excluding hydrogens is 478 g/mol. The van der Waals surface area contributed by atoms with Gasteiger partial charge in [-0.1, -0.05) is 11.6 Å². The number of hydrogen-bond donors (Lipinski definition) is 1. The highest BCUT2D eigenvalue weighted by atomic mass is 35.5. The Balaban J connectivity index is 2.49. The van der Waals surface area contributed by atoms with Gasteiger partial charge in [0, 0.05) is 24.8 Å². The topological polar surface area (TPSA) is 75.7 Å². The lowest BCUT2D eigenvalue weighted by atomic mass is 10.1. The predicted octanol–water partition coefficient (Wildman–Crippen LogP) is 4.82. The minimum absolute atomic E-state index is 0.0697. The number of nitrogens with zero attached hydrogens (tertiary/aromatic N) is 1. The van der Waals surface area contributed by atoms with E-state index in [2.05, 4.69) is 0 Å². The van der Waals surface area contributed by atoms with Gasteiger partial charge in [-0.2, -0.15) is 39.1 Å². The molecule has 0 aliphatic heterocycles. The number of benzene rings is 2. The highest BCUT2D eigenvalue weighted by Crippen LogP contribution is 2.38. The first kappa shape index (κ1) is 24.8. The molecule has 1 N–H and O–H groups in total. The van der Waals surface area contributed by atoms with Crippen LogP contribution >= 0.6 is 11.6 Å². The van der Waals surface area contributed by atoms with Crippen LogP contribution in [0, 0.1) is 0 Å². The lowest BCUT2D eigenvalue weighted by Gasteiger charge is -2.16. The molecule has 14 heteroatoms. The van der Waals surface area contributed by atoms with Gasteiger partial charge in [0.1, 0.15) is 0 Å². The van der Waals surface area contributed by atoms with E-state index in [1.54, 1.807) is 0 Å². The molecule has 0 atom stereocenters. The molecule has 0 unspecified atom stereocenters. The SMILES string of the molecule is CN(C)S(=O)(=O)Oc1ccc(Cl)cc1C(=O)Nc1cc(C(F)(F)F)cc(C(F)(F)F)c1. The number of anilines is 1. The van der Waals surface area contributed by atoms with Gasteiger partial charge in [0.2, 0.25) is 0 Å². The Labute approximate surface area is 177 Å². The molecule has 0 aliphatic carbocycles. The Morgan fingerprint density at radius 2 is 1.48 bits per heavy atom. The van der Waals surface area contributed by atoms with Gasteiger partial charge < -0.3 is 9.50 Å². The van der Waals surface area contributed by atoms with E-state index in [0.717, 1.165) is 26.2 Å². The second-order valence-corrected chi connectivity index (χ2v) is 8.40. The highest BCUT2D eigenvalue weighted by molar-refractivity contribution is 7.84. The number of carbonyl (C=O) groups is 1. The Kier molecular flexibility index (Phi) is 6.83. The van der Waals surface area contributed by atoms with Crippen molar-refractivity contribution >= 4 is 33.5 Å². The molecule has 1 amide bonds. The van der Waals surface area contributed by atoms with Gasteiger partial charge >= 0.3 is 22.7 Å². The monoisotopic (exact) mass is 490 g/mol. The lowest BCUT2D eigenvalue weighted by molar-refractivity contribution is -0.143. The molecule has 0 heterocycles. The van der Waals surface area contributed by atoms with Crippen LogP contribution in [0.1, 0.15) is 21.5 Å². The second-order valence-electron chi connectivity index (χ2n) is 6.21. The van der Waals surface area contributed by atoms with Gasteiger partial charge in [0.25, 0.3) is 5.91 Å². The molecule has 0 saturated carbocycles. The van der Waals surface area contributed by atoms with Crippen molar-refractivity contribution in [2.24, 2.45) is 0 Å². The number of rotatable bonds is 5. The van der Waals surface area contributed by atoms with Crippen LogP contribution in [0.5, 0.6) is 5.75 Å². The first-order valence-electron chi connectivity index (χ1n) is 8.03. The summed E-state index contributed by atoms with van der Waals surface area (Å²) in [6, 6.07) is 3.61. The molecule has 2 aromatic rings. The fourth-order valence-electron chi connectivity index (χ4n) is 2.17. The zero-order chi connectivity index (χ0) is 23.8. The number of halogens is 7. The molecule has 2 rings (SSSR count). The zero-order valence-corrected chi connectivity index (χ0v) is 17.2. The summed E-state index contributed by atoms with van der Waals surface area (Å²) in [5.41, 5.74) is -4.65. The fourth-order valence-corrected chi connectivity index (χ4v) is 2.86. The van der Waals surface area contributed by atoms with E-state index in [4.69, 9.17) is 15.8 Å². The largest absolute Gasteiger partial charge is 0.416 e. The first-order chi connectivity index (χ1) is 14.0. The van der Waals surface area contributed by atoms with Gasteiger partial charge in [0.05, 0.1) is 16.7 Å². The third-order valence-corrected chi connectivity index (χ3v) is 5.19. The summed E-state index contributed by atoms with van der Waals surface area (Å²) in [4.78, 5) is 12.5. The fraction of sp³-hybridized carbons (Fsp3) is 0.235. The Morgan fingerprint density at radius 1 is 0.968 bits per heavy atom. The van der Waals surface area contributed by atoms with E-state index in [-0.39, 0.29) is 11.1 Å². The summed E-state index contributed by atoms with van der Waals surface area (Å²) < 4.78 is 107. The van der Waals surface area contributed by atoms with E-state index >= 15 is 0 Å². The van der Waals surface area contributed by atoms with Crippen LogP contribution in [-0.4, -0.2) is 32.7 Å². The maximum Gasteiger partial charge on any atom is 0.416 e. The van der Waals surface area contributed by atoms with E-state index in [0.29, 0.717) is 16.4 Å². The summed E-state index contributed by atoms with van der Waals surface area (Å²) in [5, 5.41) is 1.81. The summed E-state index contributed by atoms with van der Waals surface area (Å²) in [6.07, 6.45) is -10.2. The van der Waals surface area contributed by atoms with Gasteiger partial charge in [-0.05, 0) is 36.4 Å². The Bertz CT molecular complexity index is 1070. The summed E-state index contributed by atoms with van der Waals surface area (Å²) >= 11 is 5.77. The van der Waals surface area contributed by atoms with E-state index in [1.165, 1.54) is 6.07 Å². The van der Waals surface area contributed by atoms with Crippen molar-refractivity contribution in [3.05, 3.63) is 58.1 Å². The van der Waals surface area contributed by atoms with E-state index < -0.39 is 56.7 Å². The van der Waals surface area contributed by atoms with Crippen LogP contribution in [0.3, 0.4) is 0 Å². The van der Waals surface area contributed by atoms with Gasteiger partial charge in [-0.15, -0.1) is 0 Å². The molecule has 170 valence electrons. The smallest absolute Gasteiger partial charge is 0.370 e. The van der Waals surface area contributed by atoms with Crippen LogP contribution in [0.25, 0.3) is 0 Å². The van der Waals surface area contributed by atoms with Crippen LogP contribution in [0.15, 0.2) is 36.4 Å². The molecule has 2 aromatic carbocycles. The van der Waals surface area contributed by atoms with Gasteiger partial charge in [-0.3, -0.25) is 4.79 Å². The second kappa shape index (κ2) is 8.55. The quantitative estimate of drug-likeness (QED) is 0.610. The van der Waals surface area contributed by atoms with E-state index in [1.807, 2.05) is 5.32 Å². The van der Waals surface area contributed by atoms with E-state index in [9.17, 15) is 39.6 Å². The van der Waals surface area contributed by atoms with Crippen molar-refractivity contribution in [3.8, 4) is 5.75 Å². The third-order valence-electron chi connectivity index (χ3n) is 3.67. The molecule has 0 aliphatic rings. The van der Waals surface area contributed by atoms with Crippen molar-refractivity contribution in [1.82, 2.24) is 4.31 Å². The summed E-state index contributed by atoms with van der Waals surface area (Å²) in [7, 11) is -2.07. The normalized spacial score (nSPS) is 12.7. The minimum Gasteiger partial charge on any atom is -0.370 e. The maximum absolute atomic E-state index is 13.0. The van der Waals surface area contributed by atoms with Crippen molar-refractivity contribution < 1.29 is 43.7 Å². The average molecular weight is 491 g/mol. The third kappa shape index (κ3) is 6.24. The zero-order valence-electron chi connectivity index (χ0n) is 15.6. The summed E-state index contributed by atoms with van der Waals surface area (Å²) in [5.74, 6) is -1.79. The number of hydrogen-bond acceptors (Lipinski definition) is 4. The minimum atomic E-state index is -5.12. The summed E-state index contributed by atoms with van der Waals surface area (Å²) in [6.45, 7) is 0. The number of alkyl halides is 6. The van der Waals surface area contributed by atoms with Gasteiger partial charge in [0.15, 0.2) is 5.75 Å². The number of carbonyl (C=O) groups excluding carboxylic acids is 1. The number of amides is 1. The highest BCUT2D eigenvalue weighted by Gasteiger charge is 2.37. The number of nitrogens with one attached hydrogen (secondary N) is 1. The first-order valence-corrected chi connectivity index (χ1v) is 9.77. The maximum atomic E-state index is 13.0. The Hall–Kier alpha value is -2.51. The molecule has 31 heavy (non-hydrogen) atoms. The molecule has 0 spiro atoms. The van der Waals surface area contributed by atoms with Crippen LogP contribution in [-0.2, 0) is 22.7 Å². The molecular formula is C17H13ClF6N2O4S. The van der Waals surface area contributed by atoms with Gasteiger partial charge in [-0.25, -0.2) is 0 Å². The van der Waals surface area contributed by atoms with Crippen LogP contribution in [0.4, 0.5) is 32.0 Å². The van der Waals surface area contributed by atoms with Crippen molar-refractivity contribution in [3.63, 3.8) is 0 Å². The van der Waals surface area contributed by atoms with Crippen molar-refractivity contribution in [1.29, 1.82) is 0 Å². The molecule has 0 saturated heterocycles. The molecule has 0 bridgehead atoms. The standard InChI is InChI=1S/C17H13ClF6N2O4S/c1-26(2)31(28,29)30-14-4-3-11(18)8-13(14)15(27)25-12-6-9(16(19,20)21)5-10(7-12)17(22,23)24/h3-8H,1-2H3,(H,25,27). The molecule has 0 radical (unpaired) electrons. The average Bonchev–Trinajstić information content (AvgIpc) is 2.61. The molecule has 0 fully saturated rings. The predicted molar refractivity (Wildman–Crippen MR) is 99.1 cm³/mol. The molecule has 6 nitrogen and oxygen atoms in total.